The van der Waals surface area contributed by atoms with E-state index in [-0.39, 0.29) is 5.82 Å². The number of aryl methyl sites for hydroxylation is 2. The largest absolute Gasteiger partial charge is 0.398 e. The molecule has 0 aliphatic heterocycles. The second-order valence-corrected chi connectivity index (χ2v) is 5.31. The third kappa shape index (κ3) is 2.37. The van der Waals surface area contributed by atoms with Crippen LogP contribution in [0.5, 0.6) is 0 Å². The zero-order chi connectivity index (χ0) is 15.0. The standard InChI is InChI=1S/C17H18FN3/c1-3-8-21-16-7-4-11(2)9-15(16)20-17(21)13-10-12(18)5-6-14(13)19/h4-7,9-10H,3,8,19H2,1-2H3. The fourth-order valence-electron chi connectivity index (χ4n) is 2.62. The molecule has 2 N–H and O–H groups in total. The fraction of sp³-hybridized carbons (Fsp3) is 0.235. The average Bonchev–Trinajstić information content (AvgIpc) is 2.80. The predicted octanol–water partition coefficient (Wildman–Crippen LogP) is 4.14. The molecule has 0 radical (unpaired) electrons. The van der Waals surface area contributed by atoms with Gasteiger partial charge in [-0.2, -0.15) is 0 Å². The topological polar surface area (TPSA) is 43.8 Å². The van der Waals surface area contributed by atoms with Gasteiger partial charge in [0.1, 0.15) is 11.6 Å². The van der Waals surface area contributed by atoms with Crippen LogP contribution in [0.2, 0.25) is 0 Å². The van der Waals surface area contributed by atoms with Crippen molar-refractivity contribution in [3.05, 3.63) is 47.8 Å². The number of nitrogens with two attached hydrogens (primary N) is 1. The van der Waals surface area contributed by atoms with Gasteiger partial charge in [0, 0.05) is 17.8 Å². The second-order valence-electron chi connectivity index (χ2n) is 5.31. The van der Waals surface area contributed by atoms with Gasteiger partial charge in [0.05, 0.1) is 11.0 Å². The highest BCUT2D eigenvalue weighted by molar-refractivity contribution is 5.84. The molecule has 0 saturated carbocycles. The molecule has 3 aromatic rings. The van der Waals surface area contributed by atoms with E-state index in [0.29, 0.717) is 11.3 Å². The lowest BCUT2D eigenvalue weighted by molar-refractivity contribution is 0.628. The van der Waals surface area contributed by atoms with Crippen LogP contribution >= 0.6 is 0 Å². The van der Waals surface area contributed by atoms with Crippen molar-refractivity contribution in [3.8, 4) is 11.4 Å². The quantitative estimate of drug-likeness (QED) is 0.734. The van der Waals surface area contributed by atoms with E-state index >= 15 is 0 Å². The first-order chi connectivity index (χ1) is 10.1. The molecule has 0 spiro atoms. The van der Waals surface area contributed by atoms with E-state index in [0.717, 1.165) is 35.4 Å². The van der Waals surface area contributed by atoms with Crippen molar-refractivity contribution < 1.29 is 4.39 Å². The van der Waals surface area contributed by atoms with Crippen molar-refractivity contribution in [1.82, 2.24) is 9.55 Å². The summed E-state index contributed by atoms with van der Waals surface area (Å²) in [5.74, 6) is 0.430. The van der Waals surface area contributed by atoms with Crippen LogP contribution in [0.3, 0.4) is 0 Å². The van der Waals surface area contributed by atoms with Crippen LogP contribution in [-0.2, 0) is 6.54 Å². The first kappa shape index (κ1) is 13.6. The number of anilines is 1. The molecule has 3 rings (SSSR count). The van der Waals surface area contributed by atoms with Crippen LogP contribution < -0.4 is 5.73 Å². The Kier molecular flexibility index (Phi) is 3.37. The van der Waals surface area contributed by atoms with Crippen LogP contribution in [0.1, 0.15) is 18.9 Å². The van der Waals surface area contributed by atoms with Gasteiger partial charge in [-0.3, -0.25) is 0 Å². The van der Waals surface area contributed by atoms with Gasteiger partial charge in [-0.1, -0.05) is 13.0 Å². The maximum Gasteiger partial charge on any atom is 0.143 e. The average molecular weight is 283 g/mol. The molecule has 0 amide bonds. The zero-order valence-electron chi connectivity index (χ0n) is 12.2. The van der Waals surface area contributed by atoms with E-state index in [1.165, 1.54) is 12.1 Å². The predicted molar refractivity (Wildman–Crippen MR) is 84.6 cm³/mol. The highest BCUT2D eigenvalue weighted by atomic mass is 19.1. The summed E-state index contributed by atoms with van der Waals surface area (Å²) in [7, 11) is 0. The van der Waals surface area contributed by atoms with Crippen LogP contribution in [0, 0.1) is 12.7 Å². The van der Waals surface area contributed by atoms with Gasteiger partial charge in [0.25, 0.3) is 0 Å². The minimum absolute atomic E-state index is 0.300. The minimum atomic E-state index is -0.300. The van der Waals surface area contributed by atoms with Crippen molar-refractivity contribution in [3.63, 3.8) is 0 Å². The number of aromatic nitrogens is 2. The summed E-state index contributed by atoms with van der Waals surface area (Å²) in [5, 5.41) is 0. The lowest BCUT2D eigenvalue weighted by Gasteiger charge is -2.10. The number of nitrogen functional groups attached to an aromatic ring is 1. The summed E-state index contributed by atoms with van der Waals surface area (Å²) < 4.78 is 15.7. The Bertz CT molecular complexity index is 805. The number of rotatable bonds is 3. The third-order valence-electron chi connectivity index (χ3n) is 3.61. The summed E-state index contributed by atoms with van der Waals surface area (Å²) in [6, 6.07) is 10.6. The summed E-state index contributed by atoms with van der Waals surface area (Å²) >= 11 is 0. The second kappa shape index (κ2) is 5.20. The SMILES string of the molecule is CCCn1c(-c2cc(F)ccc2N)nc2cc(C)ccc21. The van der Waals surface area contributed by atoms with Crippen LogP contribution in [0.15, 0.2) is 36.4 Å². The smallest absolute Gasteiger partial charge is 0.143 e. The monoisotopic (exact) mass is 283 g/mol. The number of hydrogen-bond acceptors (Lipinski definition) is 2. The fourth-order valence-corrected chi connectivity index (χ4v) is 2.62. The van der Waals surface area contributed by atoms with E-state index in [4.69, 9.17) is 5.73 Å². The Morgan fingerprint density at radius 1 is 1.19 bits per heavy atom. The van der Waals surface area contributed by atoms with Crippen LogP contribution in [0.25, 0.3) is 22.4 Å². The van der Waals surface area contributed by atoms with Crippen molar-refractivity contribution in [2.75, 3.05) is 5.73 Å². The van der Waals surface area contributed by atoms with Gasteiger partial charge in [0.2, 0.25) is 0 Å². The lowest BCUT2D eigenvalue weighted by Crippen LogP contribution is -2.02. The maximum atomic E-state index is 13.6. The Labute approximate surface area is 123 Å². The molecule has 3 nitrogen and oxygen atoms in total. The Morgan fingerprint density at radius 3 is 2.76 bits per heavy atom. The molecule has 4 heteroatoms. The zero-order valence-corrected chi connectivity index (χ0v) is 12.2. The molecule has 0 aliphatic carbocycles. The molecule has 2 aromatic carbocycles. The summed E-state index contributed by atoms with van der Waals surface area (Å²) in [4.78, 5) is 4.68. The van der Waals surface area contributed by atoms with Crippen molar-refractivity contribution in [2.24, 2.45) is 0 Å². The molecular formula is C17H18FN3. The number of nitrogens with zero attached hydrogens (tertiary/aromatic N) is 2. The number of halogens is 1. The molecule has 0 bridgehead atoms. The van der Waals surface area contributed by atoms with Gasteiger partial charge < -0.3 is 10.3 Å². The van der Waals surface area contributed by atoms with Crippen molar-refractivity contribution in [2.45, 2.75) is 26.8 Å². The summed E-state index contributed by atoms with van der Waals surface area (Å²) in [6.07, 6.45) is 0.974. The normalized spacial score (nSPS) is 11.2. The molecule has 0 unspecified atom stereocenters. The van der Waals surface area contributed by atoms with Crippen molar-refractivity contribution in [1.29, 1.82) is 0 Å². The minimum Gasteiger partial charge on any atom is -0.398 e. The van der Waals surface area contributed by atoms with Gasteiger partial charge in [-0.25, -0.2) is 9.37 Å². The molecule has 21 heavy (non-hydrogen) atoms. The van der Waals surface area contributed by atoms with E-state index in [9.17, 15) is 4.39 Å². The Balaban J connectivity index is 2.30. The highest BCUT2D eigenvalue weighted by Crippen LogP contribution is 2.30. The molecule has 1 aromatic heterocycles. The Hall–Kier alpha value is -2.36. The van der Waals surface area contributed by atoms with E-state index in [1.54, 1.807) is 6.07 Å². The first-order valence-corrected chi connectivity index (χ1v) is 7.12. The van der Waals surface area contributed by atoms with Crippen LogP contribution in [-0.4, -0.2) is 9.55 Å². The molecule has 0 atom stereocenters. The van der Waals surface area contributed by atoms with Gasteiger partial charge in [0.15, 0.2) is 0 Å². The molecule has 0 fully saturated rings. The van der Waals surface area contributed by atoms with Gasteiger partial charge in [-0.05, 0) is 49.2 Å². The third-order valence-corrected chi connectivity index (χ3v) is 3.61. The van der Waals surface area contributed by atoms with E-state index in [1.807, 2.05) is 13.0 Å². The molecular weight excluding hydrogens is 265 g/mol. The number of benzene rings is 2. The van der Waals surface area contributed by atoms with Gasteiger partial charge >= 0.3 is 0 Å². The summed E-state index contributed by atoms with van der Waals surface area (Å²) in [6.45, 7) is 4.97. The maximum absolute atomic E-state index is 13.6. The molecule has 108 valence electrons. The van der Waals surface area contributed by atoms with E-state index < -0.39 is 0 Å². The highest BCUT2D eigenvalue weighted by Gasteiger charge is 2.15. The van der Waals surface area contributed by atoms with Crippen LogP contribution in [0.4, 0.5) is 10.1 Å². The Morgan fingerprint density at radius 2 is 2.00 bits per heavy atom. The van der Waals surface area contributed by atoms with E-state index in [2.05, 4.69) is 28.6 Å². The number of hydrogen-bond donors (Lipinski definition) is 1. The number of imidazole rings is 1. The van der Waals surface area contributed by atoms with Gasteiger partial charge in [-0.15, -0.1) is 0 Å². The molecule has 0 aliphatic rings. The number of fused-ring (bicyclic) bond motifs is 1. The molecule has 1 heterocycles. The molecule has 0 saturated heterocycles. The lowest BCUT2D eigenvalue weighted by atomic mass is 10.1. The van der Waals surface area contributed by atoms with Crippen molar-refractivity contribution >= 4 is 16.7 Å². The summed E-state index contributed by atoms with van der Waals surface area (Å²) in [5.41, 5.74) is 10.3. The first-order valence-electron chi connectivity index (χ1n) is 7.12.